The highest BCUT2D eigenvalue weighted by Crippen LogP contribution is 2.34. The van der Waals surface area contributed by atoms with Crippen LogP contribution in [0.4, 0.5) is 10.2 Å². The minimum absolute atomic E-state index is 0.129. The highest BCUT2D eigenvalue weighted by molar-refractivity contribution is 9.10. The van der Waals surface area contributed by atoms with Gasteiger partial charge in [0.15, 0.2) is 5.82 Å². The van der Waals surface area contributed by atoms with Crippen LogP contribution in [0.15, 0.2) is 22.7 Å². The number of nitrogens with zero attached hydrogens (tertiary/aromatic N) is 2. The van der Waals surface area contributed by atoms with Crippen LogP contribution in [0, 0.1) is 12.7 Å². The first-order valence-electron chi connectivity index (χ1n) is 6.76. The first kappa shape index (κ1) is 15.9. The molecule has 5 heteroatoms. The number of nitrogens with one attached hydrogen (secondary N) is 1. The highest BCUT2D eigenvalue weighted by Gasteiger charge is 2.23. The van der Waals surface area contributed by atoms with Crippen molar-refractivity contribution < 1.29 is 4.39 Å². The van der Waals surface area contributed by atoms with E-state index in [0.29, 0.717) is 5.82 Å². The van der Waals surface area contributed by atoms with E-state index in [2.05, 4.69) is 47.0 Å². The predicted octanol–water partition coefficient (Wildman–Crippen LogP) is 4.69. The van der Waals surface area contributed by atoms with Crippen molar-refractivity contribution in [2.75, 3.05) is 12.4 Å². The van der Waals surface area contributed by atoms with E-state index in [1.165, 1.54) is 12.1 Å². The van der Waals surface area contributed by atoms with Crippen LogP contribution >= 0.6 is 15.9 Å². The van der Waals surface area contributed by atoms with Gasteiger partial charge in [0, 0.05) is 18.0 Å². The molecule has 0 saturated carbocycles. The van der Waals surface area contributed by atoms with Gasteiger partial charge in [-0.05, 0) is 46.6 Å². The Morgan fingerprint density at radius 2 is 1.86 bits per heavy atom. The Hall–Kier alpha value is -1.49. The van der Waals surface area contributed by atoms with Crippen molar-refractivity contribution >= 4 is 21.7 Å². The van der Waals surface area contributed by atoms with Gasteiger partial charge in [-0.3, -0.25) is 0 Å². The molecule has 0 unspecified atom stereocenters. The minimum Gasteiger partial charge on any atom is -0.372 e. The number of rotatable bonds is 2. The molecule has 112 valence electrons. The normalized spacial score (nSPS) is 11.6. The fraction of sp³-hybridized carbons (Fsp3) is 0.375. The van der Waals surface area contributed by atoms with Crippen molar-refractivity contribution in [3.05, 3.63) is 39.7 Å². The monoisotopic (exact) mass is 351 g/mol. The maximum absolute atomic E-state index is 13.3. The topological polar surface area (TPSA) is 37.8 Å². The molecule has 0 radical (unpaired) electrons. The Bertz CT molecular complexity index is 678. The summed E-state index contributed by atoms with van der Waals surface area (Å²) in [4.78, 5) is 9.23. The van der Waals surface area contributed by atoms with Crippen molar-refractivity contribution in [3.63, 3.8) is 0 Å². The quantitative estimate of drug-likeness (QED) is 0.852. The van der Waals surface area contributed by atoms with E-state index in [0.717, 1.165) is 27.1 Å². The smallest absolute Gasteiger partial charge is 0.162 e. The Morgan fingerprint density at radius 1 is 1.19 bits per heavy atom. The zero-order chi connectivity index (χ0) is 15.8. The summed E-state index contributed by atoms with van der Waals surface area (Å²) in [7, 11) is 1.82. The van der Waals surface area contributed by atoms with Crippen molar-refractivity contribution in [1.29, 1.82) is 0 Å². The second-order valence-electron chi connectivity index (χ2n) is 6.02. The third-order valence-electron chi connectivity index (χ3n) is 3.23. The molecular weight excluding hydrogens is 333 g/mol. The van der Waals surface area contributed by atoms with Crippen LogP contribution in [0.1, 0.15) is 32.0 Å². The number of hydrogen-bond donors (Lipinski definition) is 1. The third-order valence-corrected chi connectivity index (χ3v) is 3.98. The van der Waals surface area contributed by atoms with Gasteiger partial charge in [0.2, 0.25) is 0 Å². The predicted molar refractivity (Wildman–Crippen MR) is 88.1 cm³/mol. The molecule has 3 nitrogen and oxygen atoms in total. The SMILES string of the molecule is CNc1nc(-c2ccc(F)cc2C)nc(C(C)(C)C)c1Br. The second kappa shape index (κ2) is 5.72. The molecule has 1 aromatic carbocycles. The maximum Gasteiger partial charge on any atom is 0.162 e. The molecule has 0 aliphatic carbocycles. The largest absolute Gasteiger partial charge is 0.372 e. The second-order valence-corrected chi connectivity index (χ2v) is 6.81. The van der Waals surface area contributed by atoms with Crippen molar-refractivity contribution in [2.45, 2.75) is 33.1 Å². The van der Waals surface area contributed by atoms with Crippen LogP contribution in [-0.4, -0.2) is 17.0 Å². The Balaban J connectivity index is 2.70. The molecule has 1 heterocycles. The van der Waals surface area contributed by atoms with Crippen LogP contribution in [0.25, 0.3) is 11.4 Å². The lowest BCUT2D eigenvalue weighted by molar-refractivity contribution is 0.564. The average Bonchev–Trinajstić information content (AvgIpc) is 2.38. The molecule has 0 atom stereocenters. The van der Waals surface area contributed by atoms with Crippen LogP contribution in [0.3, 0.4) is 0 Å². The lowest BCUT2D eigenvalue weighted by Crippen LogP contribution is -2.17. The lowest BCUT2D eigenvalue weighted by atomic mass is 9.91. The molecule has 0 amide bonds. The first-order valence-corrected chi connectivity index (χ1v) is 7.55. The molecule has 0 saturated heterocycles. The van der Waals surface area contributed by atoms with Gasteiger partial charge >= 0.3 is 0 Å². The third kappa shape index (κ3) is 3.23. The number of hydrogen-bond acceptors (Lipinski definition) is 3. The van der Waals surface area contributed by atoms with E-state index in [9.17, 15) is 4.39 Å². The molecule has 0 bridgehead atoms. The van der Waals surface area contributed by atoms with E-state index in [1.54, 1.807) is 6.07 Å². The van der Waals surface area contributed by atoms with Crippen LogP contribution in [0.5, 0.6) is 0 Å². The van der Waals surface area contributed by atoms with Gasteiger partial charge in [-0.25, -0.2) is 14.4 Å². The van der Waals surface area contributed by atoms with Gasteiger partial charge in [-0.2, -0.15) is 0 Å². The summed E-state index contributed by atoms with van der Waals surface area (Å²) in [6.45, 7) is 8.15. The Kier molecular flexibility index (Phi) is 4.33. The number of benzene rings is 1. The number of anilines is 1. The molecule has 0 aliphatic heterocycles. The van der Waals surface area contributed by atoms with Gasteiger partial charge in [0.05, 0.1) is 10.2 Å². The molecule has 1 aromatic heterocycles. The number of aromatic nitrogens is 2. The fourth-order valence-electron chi connectivity index (χ4n) is 2.11. The van der Waals surface area contributed by atoms with Crippen molar-refractivity contribution in [1.82, 2.24) is 9.97 Å². The minimum atomic E-state index is -0.252. The molecule has 0 fully saturated rings. The first-order chi connectivity index (χ1) is 9.74. The molecule has 0 aliphatic rings. The molecule has 0 spiro atoms. The van der Waals surface area contributed by atoms with E-state index in [-0.39, 0.29) is 11.2 Å². The average molecular weight is 352 g/mol. The van der Waals surface area contributed by atoms with E-state index < -0.39 is 0 Å². The lowest BCUT2D eigenvalue weighted by Gasteiger charge is -2.22. The van der Waals surface area contributed by atoms with E-state index in [1.807, 2.05) is 14.0 Å². The van der Waals surface area contributed by atoms with Gasteiger partial charge in [-0.1, -0.05) is 20.8 Å². The summed E-state index contributed by atoms with van der Waals surface area (Å²) in [5.74, 6) is 1.08. The van der Waals surface area contributed by atoms with Gasteiger partial charge in [0.1, 0.15) is 11.6 Å². The fourth-order valence-corrected chi connectivity index (χ4v) is 3.08. The number of aryl methyl sites for hydroxylation is 1. The molecule has 2 aromatic rings. The summed E-state index contributed by atoms with van der Waals surface area (Å²) >= 11 is 3.57. The van der Waals surface area contributed by atoms with Crippen molar-refractivity contribution in [3.8, 4) is 11.4 Å². The van der Waals surface area contributed by atoms with Gasteiger partial charge in [0.25, 0.3) is 0 Å². The molecule has 2 rings (SSSR count). The van der Waals surface area contributed by atoms with Gasteiger partial charge < -0.3 is 5.32 Å². The Labute approximate surface area is 133 Å². The standard InChI is InChI=1S/C16H19BrFN3/c1-9-8-10(18)6-7-11(9)14-20-13(16(2,3)4)12(17)15(19-5)21-14/h6-8H,1-5H3,(H,19,20,21). The van der Waals surface area contributed by atoms with Gasteiger partial charge in [-0.15, -0.1) is 0 Å². The maximum atomic E-state index is 13.3. The number of halogens is 2. The Morgan fingerprint density at radius 3 is 2.38 bits per heavy atom. The van der Waals surface area contributed by atoms with Crippen LogP contribution < -0.4 is 5.32 Å². The summed E-state index contributed by atoms with van der Waals surface area (Å²) in [6, 6.07) is 4.65. The van der Waals surface area contributed by atoms with E-state index in [4.69, 9.17) is 4.98 Å². The van der Waals surface area contributed by atoms with Crippen LogP contribution in [-0.2, 0) is 5.41 Å². The molecular formula is C16H19BrFN3. The zero-order valence-electron chi connectivity index (χ0n) is 12.9. The summed E-state index contributed by atoms with van der Waals surface area (Å²) in [5, 5.41) is 3.08. The summed E-state index contributed by atoms with van der Waals surface area (Å²) < 4.78 is 14.1. The van der Waals surface area contributed by atoms with Crippen LogP contribution in [0.2, 0.25) is 0 Å². The summed E-state index contributed by atoms with van der Waals surface area (Å²) in [5.41, 5.74) is 2.45. The molecule has 21 heavy (non-hydrogen) atoms. The van der Waals surface area contributed by atoms with Crippen molar-refractivity contribution in [2.24, 2.45) is 0 Å². The van der Waals surface area contributed by atoms with E-state index >= 15 is 0 Å². The summed E-state index contributed by atoms with van der Waals surface area (Å²) in [6.07, 6.45) is 0. The zero-order valence-corrected chi connectivity index (χ0v) is 14.5. The highest BCUT2D eigenvalue weighted by atomic mass is 79.9. The molecule has 1 N–H and O–H groups in total.